The number of carbonyl (C=O) groups is 1. The highest BCUT2D eigenvalue weighted by molar-refractivity contribution is 8.05. The first kappa shape index (κ1) is 25.2. The fraction of sp³-hybridized carbons (Fsp3) is 0.556. The van der Waals surface area contributed by atoms with Crippen LogP contribution in [0.2, 0.25) is 0 Å². The van der Waals surface area contributed by atoms with Gasteiger partial charge >= 0.3 is 0 Å². The second kappa shape index (κ2) is 10.8. The molecule has 5 nitrogen and oxygen atoms in total. The summed E-state index contributed by atoms with van der Waals surface area (Å²) in [5, 5.41) is 2.00. The van der Waals surface area contributed by atoms with Crippen molar-refractivity contribution in [2.45, 2.75) is 52.2 Å². The third kappa shape index (κ3) is 5.67. The van der Waals surface area contributed by atoms with E-state index in [-0.39, 0.29) is 17.3 Å². The molecule has 2 saturated heterocycles. The van der Waals surface area contributed by atoms with Crippen LogP contribution >= 0.6 is 11.8 Å². The van der Waals surface area contributed by atoms with Crippen LogP contribution in [0.1, 0.15) is 44.7 Å². The van der Waals surface area contributed by atoms with Crippen molar-refractivity contribution in [3.8, 4) is 0 Å². The molecule has 184 valence electrons. The average molecular weight is 486 g/mol. The van der Waals surface area contributed by atoms with Crippen molar-refractivity contribution in [3.05, 3.63) is 62.3 Å². The molecule has 3 aliphatic heterocycles. The number of hydrogen-bond acceptors (Lipinski definition) is 5. The van der Waals surface area contributed by atoms with Gasteiger partial charge in [-0.15, -0.1) is 5.73 Å². The lowest BCUT2D eigenvalue weighted by atomic mass is 9.88. The summed E-state index contributed by atoms with van der Waals surface area (Å²) >= 11 is 1.62. The summed E-state index contributed by atoms with van der Waals surface area (Å²) in [5.74, 6) is 0.315. The number of thioether (sulfide) groups is 1. The summed E-state index contributed by atoms with van der Waals surface area (Å²) in [6, 6.07) is 5.35. The Labute approximate surface area is 206 Å². The van der Waals surface area contributed by atoms with Crippen molar-refractivity contribution >= 4 is 17.7 Å². The fourth-order valence-corrected chi connectivity index (χ4v) is 5.93. The highest BCUT2D eigenvalue weighted by Gasteiger charge is 2.41. The Kier molecular flexibility index (Phi) is 8.01. The average Bonchev–Trinajstić information content (AvgIpc) is 2.82. The number of ether oxygens (including phenoxy) is 1. The van der Waals surface area contributed by atoms with Gasteiger partial charge in [-0.1, -0.05) is 37.7 Å². The van der Waals surface area contributed by atoms with E-state index in [0.717, 1.165) is 49.2 Å². The highest BCUT2D eigenvalue weighted by atomic mass is 32.2. The second-order valence-electron chi connectivity index (χ2n) is 9.92. The van der Waals surface area contributed by atoms with E-state index < -0.39 is 0 Å². The Morgan fingerprint density at radius 1 is 1.29 bits per heavy atom. The van der Waals surface area contributed by atoms with E-state index in [1.54, 1.807) is 17.8 Å². The lowest BCUT2D eigenvalue weighted by Gasteiger charge is -2.47. The first-order valence-corrected chi connectivity index (χ1v) is 13.2. The van der Waals surface area contributed by atoms with Gasteiger partial charge in [0.2, 0.25) is 0 Å². The van der Waals surface area contributed by atoms with Gasteiger partial charge in [-0.2, -0.15) is 0 Å². The monoisotopic (exact) mass is 485 g/mol. The standard InChI is InChI=1S/C27H36FN3O2S/c1-19(2)25-14-20(3)23(17-34-25)26(32)31-12-13-33-27(18-31)7-10-30(11-8-27)16-21-4-5-24(28)22(15-21)6-9-29/h4-5,15,17,19H,6-13,16,18,29H2,1-3H3. The summed E-state index contributed by atoms with van der Waals surface area (Å²) in [7, 11) is 0. The third-order valence-corrected chi connectivity index (χ3v) is 8.19. The van der Waals surface area contributed by atoms with Crippen LogP contribution in [0.15, 0.2) is 45.4 Å². The number of nitrogens with zero attached hydrogens (tertiary/aromatic N) is 2. The Morgan fingerprint density at radius 3 is 2.74 bits per heavy atom. The molecule has 1 aromatic carbocycles. The van der Waals surface area contributed by atoms with Crippen molar-refractivity contribution in [3.63, 3.8) is 0 Å². The zero-order chi connectivity index (χ0) is 24.3. The van der Waals surface area contributed by atoms with Crippen LogP contribution < -0.4 is 5.73 Å². The summed E-state index contributed by atoms with van der Waals surface area (Å²) in [6.45, 7) is 11.1. The normalized spacial score (nSPS) is 20.9. The van der Waals surface area contributed by atoms with Crippen LogP contribution in [-0.4, -0.2) is 60.6 Å². The zero-order valence-corrected chi connectivity index (χ0v) is 21.3. The van der Waals surface area contributed by atoms with Gasteiger partial charge in [-0.3, -0.25) is 9.69 Å². The Morgan fingerprint density at radius 2 is 2.06 bits per heavy atom. The molecule has 4 rings (SSSR count). The van der Waals surface area contributed by atoms with E-state index in [0.29, 0.717) is 44.1 Å². The van der Waals surface area contributed by atoms with Crippen LogP contribution in [-0.2, 0) is 22.5 Å². The van der Waals surface area contributed by atoms with Crippen molar-refractivity contribution < 1.29 is 13.9 Å². The number of piperidine rings is 1. The molecule has 3 aliphatic rings. The summed E-state index contributed by atoms with van der Waals surface area (Å²) in [4.78, 5) is 18.9. The molecule has 0 saturated carbocycles. The summed E-state index contributed by atoms with van der Waals surface area (Å²) in [6.07, 6.45) is 2.32. The molecule has 2 fully saturated rings. The lowest BCUT2D eigenvalue weighted by Crippen LogP contribution is -2.58. The molecule has 0 bridgehead atoms. The molecule has 1 spiro atoms. The van der Waals surface area contributed by atoms with Gasteiger partial charge in [0.05, 0.1) is 24.3 Å². The molecule has 2 N–H and O–H groups in total. The number of rotatable bonds is 6. The fourth-order valence-electron chi connectivity index (χ4n) is 4.93. The molecule has 7 heteroatoms. The maximum Gasteiger partial charge on any atom is 0.255 e. The summed E-state index contributed by atoms with van der Waals surface area (Å²) < 4.78 is 20.2. The number of likely N-dealkylation sites (tertiary alicyclic amines) is 1. The number of hydrogen-bond donors (Lipinski definition) is 1. The molecule has 0 radical (unpaired) electrons. The van der Waals surface area contributed by atoms with Gasteiger partial charge in [0.1, 0.15) is 5.82 Å². The van der Waals surface area contributed by atoms with Crippen molar-refractivity contribution in [2.24, 2.45) is 11.7 Å². The van der Waals surface area contributed by atoms with E-state index in [1.807, 2.05) is 29.4 Å². The van der Waals surface area contributed by atoms with E-state index in [4.69, 9.17) is 10.5 Å². The van der Waals surface area contributed by atoms with Gasteiger partial charge in [0, 0.05) is 36.7 Å². The number of amides is 1. The highest BCUT2D eigenvalue weighted by Crippen LogP contribution is 2.35. The van der Waals surface area contributed by atoms with Crippen molar-refractivity contribution in [1.29, 1.82) is 0 Å². The SMILES string of the molecule is CC1=C=C(C(C)C)SC=C1C(=O)N1CCOC2(CCN(Cc3ccc(F)c(CCN)c3)CC2)C1. The number of nitrogens with two attached hydrogens (primary N) is 1. The molecule has 0 aromatic heterocycles. The van der Waals surface area contributed by atoms with E-state index in [1.165, 1.54) is 4.91 Å². The molecular weight excluding hydrogens is 449 g/mol. The topological polar surface area (TPSA) is 58.8 Å². The van der Waals surface area contributed by atoms with Gasteiger partial charge in [0.15, 0.2) is 0 Å². The number of carbonyl (C=O) groups excluding carboxylic acids is 1. The largest absolute Gasteiger partial charge is 0.371 e. The first-order chi connectivity index (χ1) is 16.3. The molecule has 0 atom stereocenters. The van der Waals surface area contributed by atoms with Crippen molar-refractivity contribution in [2.75, 3.05) is 39.3 Å². The number of morpholine rings is 1. The second-order valence-corrected chi connectivity index (χ2v) is 10.8. The first-order valence-electron chi connectivity index (χ1n) is 12.3. The van der Waals surface area contributed by atoms with Crippen LogP contribution in [0.4, 0.5) is 4.39 Å². The Balaban J connectivity index is 1.36. The van der Waals surface area contributed by atoms with Gasteiger partial charge in [-0.25, -0.2) is 4.39 Å². The van der Waals surface area contributed by atoms with Crippen molar-refractivity contribution in [1.82, 2.24) is 9.80 Å². The van der Waals surface area contributed by atoms with Gasteiger partial charge in [0.25, 0.3) is 5.91 Å². The van der Waals surface area contributed by atoms with Crippen LogP contribution in [0.3, 0.4) is 0 Å². The smallest absolute Gasteiger partial charge is 0.255 e. The third-order valence-electron chi connectivity index (χ3n) is 7.01. The quantitative estimate of drug-likeness (QED) is 0.611. The molecule has 3 heterocycles. The Bertz CT molecular complexity index is 1020. The minimum atomic E-state index is -0.281. The predicted molar refractivity (Wildman–Crippen MR) is 136 cm³/mol. The molecular formula is C27H36FN3O2S. The maximum absolute atomic E-state index is 14.0. The van der Waals surface area contributed by atoms with Crippen LogP contribution in [0.25, 0.3) is 0 Å². The molecule has 0 unspecified atom stereocenters. The maximum atomic E-state index is 14.0. The lowest BCUT2D eigenvalue weighted by molar-refractivity contribution is -0.156. The minimum absolute atomic E-state index is 0.0872. The molecule has 1 aromatic rings. The number of halogens is 1. The zero-order valence-electron chi connectivity index (χ0n) is 20.5. The summed E-state index contributed by atoms with van der Waals surface area (Å²) in [5.41, 5.74) is 12.2. The van der Waals surface area contributed by atoms with E-state index in [2.05, 4.69) is 24.5 Å². The van der Waals surface area contributed by atoms with Crippen LogP contribution in [0.5, 0.6) is 0 Å². The predicted octanol–water partition coefficient (Wildman–Crippen LogP) is 4.24. The Hall–Kier alpha value is -1.89. The van der Waals surface area contributed by atoms with Gasteiger partial charge in [-0.05, 0) is 61.3 Å². The van der Waals surface area contributed by atoms with Gasteiger partial charge < -0.3 is 15.4 Å². The number of benzene rings is 1. The van der Waals surface area contributed by atoms with Crippen LogP contribution in [0, 0.1) is 11.7 Å². The minimum Gasteiger partial charge on any atom is -0.371 e. The molecule has 1 amide bonds. The molecule has 34 heavy (non-hydrogen) atoms. The van der Waals surface area contributed by atoms with E-state index >= 15 is 0 Å². The van der Waals surface area contributed by atoms with E-state index in [9.17, 15) is 9.18 Å². The molecule has 0 aliphatic carbocycles.